The van der Waals surface area contributed by atoms with E-state index in [1.54, 1.807) is 6.21 Å². The van der Waals surface area contributed by atoms with Gasteiger partial charge in [0.15, 0.2) is 5.83 Å². The lowest BCUT2D eigenvalue weighted by Crippen LogP contribution is -2.55. The Balaban J connectivity index is 1.30. The fourth-order valence-electron chi connectivity index (χ4n) is 7.99. The van der Waals surface area contributed by atoms with Gasteiger partial charge >= 0.3 is 6.02 Å². The normalized spacial score (nSPS) is 31.9. The number of β-amino-alcohol motifs (C(OH)–C–C–N with tert-alkyl or cyclic N) is 1. The second kappa shape index (κ2) is 11.2. The number of benzene rings is 1. The lowest BCUT2D eigenvalue weighted by atomic mass is 9.89. The van der Waals surface area contributed by atoms with E-state index < -0.39 is 23.5 Å². The van der Waals surface area contributed by atoms with Gasteiger partial charge in [-0.2, -0.15) is 4.99 Å². The van der Waals surface area contributed by atoms with Crippen molar-refractivity contribution in [1.82, 2.24) is 9.80 Å². The smallest absolute Gasteiger partial charge is 0.313 e. The van der Waals surface area contributed by atoms with E-state index in [0.717, 1.165) is 74.3 Å². The quantitative estimate of drug-likeness (QED) is 0.516. The maximum atomic E-state index is 16.9. The van der Waals surface area contributed by atoms with Gasteiger partial charge in [0.05, 0.1) is 28.5 Å². The largest absolute Gasteiger partial charge is 0.462 e. The second-order valence-corrected chi connectivity index (χ2v) is 13.4. The van der Waals surface area contributed by atoms with E-state index in [2.05, 4.69) is 21.5 Å². The van der Waals surface area contributed by atoms with Gasteiger partial charge in [-0.3, -0.25) is 19.8 Å². The molecule has 3 saturated heterocycles. The summed E-state index contributed by atoms with van der Waals surface area (Å²) < 4.78 is 23.3. The highest BCUT2D eigenvalue weighted by atomic mass is 19.1. The fourth-order valence-corrected chi connectivity index (χ4v) is 7.99. The molecule has 8 nitrogen and oxygen atoms in total. The Morgan fingerprint density at radius 1 is 1.19 bits per heavy atom. The molecule has 5 heterocycles. The van der Waals surface area contributed by atoms with E-state index in [9.17, 15) is 5.11 Å². The van der Waals surface area contributed by atoms with Crippen molar-refractivity contribution < 1.29 is 14.2 Å². The number of hydrogen-bond acceptors (Lipinski definition) is 8. The number of likely N-dealkylation sites (tertiary alicyclic amines) is 1. The Morgan fingerprint density at radius 2 is 1.95 bits per heavy atom. The number of halogens is 1. The number of hydrogen-bond donors (Lipinski definition) is 1. The number of nitrogens with zero attached hydrogens (tertiary/aromatic N) is 6. The van der Waals surface area contributed by atoms with Gasteiger partial charge in [0.1, 0.15) is 18.5 Å². The number of aliphatic imine (C=N–C) groups is 4. The zero-order chi connectivity index (χ0) is 29.8. The van der Waals surface area contributed by atoms with Crippen LogP contribution in [0.1, 0.15) is 70.8 Å². The molecule has 1 aromatic carbocycles. The Hall–Kier alpha value is -3.01. The van der Waals surface area contributed by atoms with Crippen molar-refractivity contribution in [3.8, 4) is 0 Å². The fraction of sp³-hybridized carbons (Fsp3) is 0.588. The average Bonchev–Trinajstić information content (AvgIpc) is 3.63. The molecule has 228 valence electrons. The first-order valence-corrected chi connectivity index (χ1v) is 16.0. The van der Waals surface area contributed by atoms with Crippen LogP contribution in [0.15, 0.2) is 44.0 Å². The highest BCUT2D eigenvalue weighted by Gasteiger charge is 2.46. The zero-order valence-electron chi connectivity index (χ0n) is 25.4. The van der Waals surface area contributed by atoms with Crippen LogP contribution < -0.4 is 10.4 Å². The molecule has 0 aromatic heterocycles. The molecule has 3 unspecified atom stereocenters. The highest BCUT2D eigenvalue weighted by Crippen LogP contribution is 2.40. The van der Waals surface area contributed by atoms with E-state index >= 15 is 4.39 Å². The van der Waals surface area contributed by atoms with Crippen LogP contribution in [-0.2, 0) is 4.74 Å². The summed E-state index contributed by atoms with van der Waals surface area (Å²) in [5.74, 6) is -0.596. The number of amidine groups is 1. The van der Waals surface area contributed by atoms with Crippen molar-refractivity contribution in [1.29, 1.82) is 0 Å². The van der Waals surface area contributed by atoms with Gasteiger partial charge < -0.3 is 9.84 Å². The van der Waals surface area contributed by atoms with Crippen LogP contribution in [0.5, 0.6) is 0 Å². The molecule has 1 saturated carbocycles. The van der Waals surface area contributed by atoms with Gasteiger partial charge in [0.2, 0.25) is 0 Å². The molecule has 6 aliphatic rings. The molecule has 0 amide bonds. The summed E-state index contributed by atoms with van der Waals surface area (Å²) in [5, 5.41) is 12.8. The number of ether oxygens (including phenoxy) is 1. The number of allylic oxidation sites excluding steroid dienone is 1. The first-order valence-electron chi connectivity index (χ1n) is 16.0. The average molecular weight is 587 g/mol. The first kappa shape index (κ1) is 28.7. The third-order valence-corrected chi connectivity index (χ3v) is 10.3. The minimum atomic E-state index is -0.833. The molecule has 1 N–H and O–H groups in total. The van der Waals surface area contributed by atoms with E-state index in [-0.39, 0.29) is 17.3 Å². The van der Waals surface area contributed by atoms with E-state index in [1.807, 2.05) is 38.1 Å². The Labute approximate surface area is 253 Å². The molecule has 9 heteroatoms. The molecule has 0 bridgehead atoms. The number of rotatable bonds is 6. The maximum Gasteiger partial charge on any atom is 0.313 e. The Bertz CT molecular complexity index is 1540. The van der Waals surface area contributed by atoms with Gasteiger partial charge in [-0.25, -0.2) is 9.38 Å². The molecule has 7 rings (SSSR count). The van der Waals surface area contributed by atoms with Gasteiger partial charge in [-0.15, -0.1) is 0 Å². The summed E-state index contributed by atoms with van der Waals surface area (Å²) in [6.45, 7) is 11.6. The first-order chi connectivity index (χ1) is 20.8. The van der Waals surface area contributed by atoms with Crippen LogP contribution in [0, 0.1) is 11.8 Å². The molecule has 3 atom stereocenters. The SMILES string of the molecule is C=N/C(=c1/c(C2=C(F)C3=NC(OCC45CCCN4CCC5)=NC(N4CCCC(C)(O)C4)C3C=N2)ccc/c1=C/C)C1CC1. The molecule has 1 aromatic rings. The third-order valence-electron chi connectivity index (χ3n) is 10.3. The Morgan fingerprint density at radius 3 is 2.65 bits per heavy atom. The number of aliphatic hydroxyl groups is 1. The standard InChI is InChI=1S/C34H43FN6O2/c1-4-22-9-5-10-24(26(22)28(36-3)23-11-12-23)29-27(35)30-25(19-37-29)31(40-16-6-13-33(2,42)20-40)39-32(38-30)43-21-34-14-7-17-41(34)18-8-15-34/h4-5,9-10,19,23,25,31,42H,3,6-8,11-18,20-21H2,1-2H3/b22-4-,28-26+. The summed E-state index contributed by atoms with van der Waals surface area (Å²) in [4.78, 5) is 23.6. The summed E-state index contributed by atoms with van der Waals surface area (Å²) in [7, 11) is 0. The molecule has 0 spiro atoms. The van der Waals surface area contributed by atoms with Crippen LogP contribution >= 0.6 is 0 Å². The van der Waals surface area contributed by atoms with Crippen molar-refractivity contribution in [3.05, 3.63) is 40.0 Å². The van der Waals surface area contributed by atoms with Gasteiger partial charge in [-0.05, 0) is 90.2 Å². The lowest BCUT2D eigenvalue weighted by Gasteiger charge is -2.43. The molecule has 43 heavy (non-hydrogen) atoms. The van der Waals surface area contributed by atoms with Crippen molar-refractivity contribution in [2.45, 2.75) is 82.5 Å². The molecule has 1 aliphatic carbocycles. The molecular formula is C34H43FN6O2. The van der Waals surface area contributed by atoms with Crippen LogP contribution in [0.25, 0.3) is 17.5 Å². The van der Waals surface area contributed by atoms with Crippen molar-refractivity contribution in [3.63, 3.8) is 0 Å². The zero-order valence-corrected chi connectivity index (χ0v) is 25.4. The summed E-state index contributed by atoms with van der Waals surface area (Å²) in [5.41, 5.74) is 1.36. The number of fused-ring (bicyclic) bond motifs is 2. The summed E-state index contributed by atoms with van der Waals surface area (Å²) in [6, 6.07) is 6.12. The molecule has 0 radical (unpaired) electrons. The van der Waals surface area contributed by atoms with E-state index in [1.165, 1.54) is 12.8 Å². The van der Waals surface area contributed by atoms with Crippen LogP contribution in [0.4, 0.5) is 4.39 Å². The monoisotopic (exact) mass is 586 g/mol. The Kier molecular flexibility index (Phi) is 7.46. The minimum Gasteiger partial charge on any atom is -0.462 e. The van der Waals surface area contributed by atoms with Crippen LogP contribution in [0.3, 0.4) is 0 Å². The maximum absolute atomic E-state index is 16.9. The van der Waals surface area contributed by atoms with Crippen LogP contribution in [-0.4, -0.2) is 89.7 Å². The van der Waals surface area contributed by atoms with Crippen LogP contribution in [0.2, 0.25) is 0 Å². The third kappa shape index (κ3) is 5.23. The summed E-state index contributed by atoms with van der Waals surface area (Å²) >= 11 is 0. The predicted octanol–water partition coefficient (Wildman–Crippen LogP) is 3.67. The molecule has 5 aliphatic heterocycles. The predicted molar refractivity (Wildman–Crippen MR) is 170 cm³/mol. The molecule has 4 fully saturated rings. The van der Waals surface area contributed by atoms with Gasteiger partial charge in [0, 0.05) is 36.0 Å². The van der Waals surface area contributed by atoms with Crippen molar-refractivity contribution >= 4 is 42.1 Å². The van der Waals surface area contributed by atoms with Gasteiger partial charge in [-0.1, -0.05) is 24.3 Å². The summed E-state index contributed by atoms with van der Waals surface area (Å²) in [6.07, 6.45) is 11.6. The van der Waals surface area contributed by atoms with Gasteiger partial charge in [0.25, 0.3) is 0 Å². The van der Waals surface area contributed by atoms with E-state index in [0.29, 0.717) is 30.3 Å². The number of piperidine rings is 1. The highest BCUT2D eigenvalue weighted by molar-refractivity contribution is 6.19. The topological polar surface area (TPSA) is 85.4 Å². The second-order valence-electron chi connectivity index (χ2n) is 13.4. The van der Waals surface area contributed by atoms with Crippen molar-refractivity contribution in [2.24, 2.45) is 31.8 Å². The lowest BCUT2D eigenvalue weighted by molar-refractivity contribution is -0.0311. The molecular weight excluding hydrogens is 543 g/mol. The van der Waals surface area contributed by atoms with E-state index in [4.69, 9.17) is 19.7 Å². The van der Waals surface area contributed by atoms with Crippen molar-refractivity contribution in [2.75, 3.05) is 32.8 Å². The minimum absolute atomic E-state index is 0.0240.